The molecule has 0 bridgehead atoms. The summed E-state index contributed by atoms with van der Waals surface area (Å²) in [7, 11) is 0. The Morgan fingerprint density at radius 3 is 2.76 bits per heavy atom. The van der Waals surface area contributed by atoms with Gasteiger partial charge in [-0.2, -0.15) is 0 Å². The SMILES string of the molecule is Cc1ccc(C(N)CCCCO)cc1[N+](=O)[O-]. The van der Waals surface area contributed by atoms with Gasteiger partial charge < -0.3 is 10.8 Å². The number of benzene rings is 1. The molecule has 0 aliphatic rings. The molecule has 5 nitrogen and oxygen atoms in total. The maximum Gasteiger partial charge on any atom is 0.272 e. The standard InChI is InChI=1S/C12H18N2O3/c1-9-5-6-10(8-12(9)14(16)17)11(13)4-2-3-7-15/h5-6,8,11,15H,2-4,7,13H2,1H3. The van der Waals surface area contributed by atoms with Crippen LogP contribution < -0.4 is 5.73 Å². The first-order valence-corrected chi connectivity index (χ1v) is 5.67. The van der Waals surface area contributed by atoms with Crippen LogP contribution >= 0.6 is 0 Å². The Hall–Kier alpha value is -1.46. The van der Waals surface area contributed by atoms with E-state index in [2.05, 4.69) is 0 Å². The Morgan fingerprint density at radius 1 is 1.47 bits per heavy atom. The molecule has 5 heteroatoms. The lowest BCUT2D eigenvalue weighted by molar-refractivity contribution is -0.385. The van der Waals surface area contributed by atoms with Crippen molar-refractivity contribution in [2.75, 3.05) is 6.61 Å². The van der Waals surface area contributed by atoms with E-state index in [0.29, 0.717) is 12.0 Å². The van der Waals surface area contributed by atoms with Crippen molar-refractivity contribution in [3.05, 3.63) is 39.4 Å². The van der Waals surface area contributed by atoms with E-state index in [1.807, 2.05) is 6.07 Å². The van der Waals surface area contributed by atoms with Crippen LogP contribution in [0.3, 0.4) is 0 Å². The zero-order valence-electron chi connectivity index (χ0n) is 9.93. The number of aryl methyl sites for hydroxylation is 1. The third-order valence-corrected chi connectivity index (χ3v) is 2.78. The zero-order chi connectivity index (χ0) is 12.8. The van der Waals surface area contributed by atoms with E-state index in [9.17, 15) is 10.1 Å². The van der Waals surface area contributed by atoms with Crippen molar-refractivity contribution in [2.45, 2.75) is 32.2 Å². The van der Waals surface area contributed by atoms with Crippen molar-refractivity contribution in [3.63, 3.8) is 0 Å². The molecule has 0 heterocycles. The van der Waals surface area contributed by atoms with Crippen molar-refractivity contribution in [1.29, 1.82) is 0 Å². The van der Waals surface area contributed by atoms with E-state index in [-0.39, 0.29) is 23.3 Å². The molecule has 1 rings (SSSR count). The lowest BCUT2D eigenvalue weighted by Crippen LogP contribution is -2.11. The molecule has 0 radical (unpaired) electrons. The van der Waals surface area contributed by atoms with Gasteiger partial charge in [-0.15, -0.1) is 0 Å². The number of aliphatic hydroxyl groups excluding tert-OH is 1. The van der Waals surface area contributed by atoms with E-state index in [1.54, 1.807) is 19.1 Å². The van der Waals surface area contributed by atoms with Gasteiger partial charge in [0.1, 0.15) is 0 Å². The van der Waals surface area contributed by atoms with Crippen LogP contribution in [0.25, 0.3) is 0 Å². The molecule has 17 heavy (non-hydrogen) atoms. The van der Waals surface area contributed by atoms with Crippen molar-refractivity contribution in [2.24, 2.45) is 5.73 Å². The smallest absolute Gasteiger partial charge is 0.272 e. The second-order valence-electron chi connectivity index (χ2n) is 4.13. The second kappa shape index (κ2) is 6.32. The van der Waals surface area contributed by atoms with Gasteiger partial charge in [0.05, 0.1) is 4.92 Å². The summed E-state index contributed by atoms with van der Waals surface area (Å²) >= 11 is 0. The lowest BCUT2D eigenvalue weighted by Gasteiger charge is -2.11. The minimum absolute atomic E-state index is 0.111. The molecule has 94 valence electrons. The summed E-state index contributed by atoms with van der Waals surface area (Å²) in [5.41, 5.74) is 7.48. The van der Waals surface area contributed by atoms with Crippen LogP contribution in [0.15, 0.2) is 18.2 Å². The first-order valence-electron chi connectivity index (χ1n) is 5.67. The van der Waals surface area contributed by atoms with Gasteiger partial charge >= 0.3 is 0 Å². The molecule has 0 saturated heterocycles. The fraction of sp³-hybridized carbons (Fsp3) is 0.500. The first kappa shape index (κ1) is 13.6. The molecule has 0 saturated carbocycles. The molecule has 1 atom stereocenters. The molecular formula is C12H18N2O3. The molecule has 0 aromatic heterocycles. The summed E-state index contributed by atoms with van der Waals surface area (Å²) in [5, 5.41) is 19.5. The number of nitrogens with two attached hydrogens (primary N) is 1. The Balaban J connectivity index is 2.77. The molecule has 1 aromatic carbocycles. The van der Waals surface area contributed by atoms with E-state index in [1.165, 1.54) is 0 Å². The van der Waals surface area contributed by atoms with Crippen LogP contribution in [-0.2, 0) is 0 Å². The Kier molecular flexibility index (Phi) is 5.06. The minimum Gasteiger partial charge on any atom is -0.396 e. The fourth-order valence-corrected chi connectivity index (χ4v) is 1.70. The summed E-state index contributed by atoms with van der Waals surface area (Å²) in [6.45, 7) is 1.86. The van der Waals surface area contributed by atoms with Gasteiger partial charge in [0.25, 0.3) is 5.69 Å². The summed E-state index contributed by atoms with van der Waals surface area (Å²) in [6.07, 6.45) is 2.25. The minimum atomic E-state index is -0.390. The van der Waals surface area contributed by atoms with Crippen LogP contribution in [0.5, 0.6) is 0 Å². The van der Waals surface area contributed by atoms with Gasteiger partial charge in [0, 0.05) is 24.3 Å². The lowest BCUT2D eigenvalue weighted by atomic mass is 10.00. The normalized spacial score (nSPS) is 12.4. The van der Waals surface area contributed by atoms with Gasteiger partial charge in [-0.1, -0.05) is 12.1 Å². The van der Waals surface area contributed by atoms with Gasteiger partial charge in [-0.25, -0.2) is 0 Å². The molecule has 0 aliphatic heterocycles. The van der Waals surface area contributed by atoms with Crippen LogP contribution in [0.4, 0.5) is 5.69 Å². The Morgan fingerprint density at radius 2 is 2.18 bits per heavy atom. The molecule has 1 aromatic rings. The van der Waals surface area contributed by atoms with Crippen LogP contribution in [0.1, 0.15) is 36.4 Å². The second-order valence-corrected chi connectivity index (χ2v) is 4.13. The molecule has 1 unspecified atom stereocenters. The van der Waals surface area contributed by atoms with Crippen LogP contribution in [0, 0.1) is 17.0 Å². The third kappa shape index (κ3) is 3.80. The number of aliphatic hydroxyl groups is 1. The summed E-state index contributed by atoms with van der Waals surface area (Å²) < 4.78 is 0. The maximum atomic E-state index is 10.8. The van der Waals surface area contributed by atoms with E-state index >= 15 is 0 Å². The number of nitrogens with zero attached hydrogens (tertiary/aromatic N) is 1. The number of rotatable bonds is 6. The van der Waals surface area contributed by atoms with E-state index in [0.717, 1.165) is 18.4 Å². The predicted molar refractivity (Wildman–Crippen MR) is 65.7 cm³/mol. The topological polar surface area (TPSA) is 89.4 Å². The van der Waals surface area contributed by atoms with Crippen LogP contribution in [0.2, 0.25) is 0 Å². The molecule has 0 spiro atoms. The molecule has 0 aliphatic carbocycles. The highest BCUT2D eigenvalue weighted by molar-refractivity contribution is 5.43. The maximum absolute atomic E-state index is 10.8. The van der Waals surface area contributed by atoms with Crippen molar-refractivity contribution >= 4 is 5.69 Å². The fourth-order valence-electron chi connectivity index (χ4n) is 1.70. The highest BCUT2D eigenvalue weighted by atomic mass is 16.6. The largest absolute Gasteiger partial charge is 0.396 e. The number of nitro benzene ring substituents is 1. The quantitative estimate of drug-likeness (QED) is 0.451. The monoisotopic (exact) mass is 238 g/mol. The molecular weight excluding hydrogens is 220 g/mol. The highest BCUT2D eigenvalue weighted by Crippen LogP contribution is 2.24. The van der Waals surface area contributed by atoms with E-state index in [4.69, 9.17) is 10.8 Å². The summed E-state index contributed by atoms with van der Waals surface area (Å²) in [4.78, 5) is 10.4. The molecule has 0 fully saturated rings. The number of nitro groups is 1. The van der Waals surface area contributed by atoms with Gasteiger partial charge in [-0.3, -0.25) is 10.1 Å². The van der Waals surface area contributed by atoms with E-state index < -0.39 is 0 Å². The van der Waals surface area contributed by atoms with Gasteiger partial charge in [-0.05, 0) is 31.7 Å². The number of hydrogen-bond donors (Lipinski definition) is 2. The molecule has 0 amide bonds. The van der Waals surface area contributed by atoms with Crippen molar-refractivity contribution in [1.82, 2.24) is 0 Å². The Labute approximate surface area is 100 Å². The average Bonchev–Trinajstić information content (AvgIpc) is 2.29. The van der Waals surface area contributed by atoms with Gasteiger partial charge in [0.2, 0.25) is 0 Å². The molecule has 3 N–H and O–H groups in total. The summed E-state index contributed by atoms with van der Waals surface area (Å²) in [5.74, 6) is 0. The highest BCUT2D eigenvalue weighted by Gasteiger charge is 2.14. The summed E-state index contributed by atoms with van der Waals surface area (Å²) in [6, 6.07) is 4.88. The Bertz CT molecular complexity index is 393. The first-order chi connectivity index (χ1) is 8.06. The number of unbranched alkanes of at least 4 members (excludes halogenated alkanes) is 1. The van der Waals surface area contributed by atoms with Crippen molar-refractivity contribution in [3.8, 4) is 0 Å². The third-order valence-electron chi connectivity index (χ3n) is 2.78. The average molecular weight is 238 g/mol. The van der Waals surface area contributed by atoms with Crippen molar-refractivity contribution < 1.29 is 10.0 Å². The van der Waals surface area contributed by atoms with Crippen LogP contribution in [-0.4, -0.2) is 16.6 Å². The zero-order valence-corrected chi connectivity index (χ0v) is 9.93. The number of hydrogen-bond acceptors (Lipinski definition) is 4. The van der Waals surface area contributed by atoms with Gasteiger partial charge in [0.15, 0.2) is 0 Å². The predicted octanol–water partition coefficient (Wildman–Crippen LogP) is 2.07.